The molecule has 0 spiro atoms. The average Bonchev–Trinajstić information content (AvgIpc) is 2.46. The average molecular weight is 281 g/mol. The number of carbonyl (C=O) groups is 1. The molecule has 1 aliphatic carbocycles. The Morgan fingerprint density at radius 3 is 2.55 bits per heavy atom. The number of aliphatic hydroxyl groups is 1. The highest BCUT2D eigenvalue weighted by molar-refractivity contribution is 5.88. The number of hydrogen-bond acceptors (Lipinski definition) is 3. The zero-order valence-electron chi connectivity index (χ0n) is 11.4. The van der Waals surface area contributed by atoms with Gasteiger partial charge in [-0.2, -0.15) is 0 Å². The van der Waals surface area contributed by atoms with Crippen LogP contribution in [0.15, 0.2) is 18.2 Å². The molecule has 0 heterocycles. The largest absolute Gasteiger partial charge is 0.478 e. The number of hydrogen-bond donors (Lipinski definition) is 3. The van der Waals surface area contributed by atoms with Crippen LogP contribution in [-0.4, -0.2) is 29.3 Å². The zero-order chi connectivity index (χ0) is 14.6. The molecule has 4 nitrogen and oxygen atoms in total. The van der Waals surface area contributed by atoms with E-state index >= 15 is 0 Å². The summed E-state index contributed by atoms with van der Waals surface area (Å²) in [4.78, 5) is 10.7. The van der Waals surface area contributed by atoms with Gasteiger partial charge in [0.15, 0.2) is 0 Å². The summed E-state index contributed by atoms with van der Waals surface area (Å²) in [5, 5.41) is 21.5. The summed E-state index contributed by atoms with van der Waals surface area (Å²) >= 11 is 0. The second kappa shape index (κ2) is 6.22. The summed E-state index contributed by atoms with van der Waals surface area (Å²) in [6, 6.07) is 4.00. The topological polar surface area (TPSA) is 69.6 Å². The van der Waals surface area contributed by atoms with Crippen LogP contribution in [0.1, 0.15) is 42.5 Å². The first-order valence-corrected chi connectivity index (χ1v) is 6.94. The van der Waals surface area contributed by atoms with Crippen LogP contribution in [0.4, 0.5) is 10.1 Å². The number of benzene rings is 1. The highest BCUT2D eigenvalue weighted by atomic mass is 19.1. The molecule has 0 amide bonds. The normalized spacial score (nSPS) is 17.7. The predicted octanol–water partition coefficient (Wildman–Crippen LogP) is 2.88. The Morgan fingerprint density at radius 2 is 2.00 bits per heavy atom. The summed E-state index contributed by atoms with van der Waals surface area (Å²) in [5.41, 5.74) is 0.0798. The van der Waals surface area contributed by atoms with Crippen LogP contribution >= 0.6 is 0 Å². The molecule has 1 fully saturated rings. The third-order valence-electron chi connectivity index (χ3n) is 4.12. The number of nitrogens with one attached hydrogen (secondary N) is 1. The minimum Gasteiger partial charge on any atom is -0.478 e. The van der Waals surface area contributed by atoms with Gasteiger partial charge in [-0.1, -0.05) is 19.3 Å². The molecule has 20 heavy (non-hydrogen) atoms. The van der Waals surface area contributed by atoms with Crippen molar-refractivity contribution in [1.29, 1.82) is 0 Å². The van der Waals surface area contributed by atoms with Crippen molar-refractivity contribution in [2.24, 2.45) is 5.41 Å². The second-order valence-corrected chi connectivity index (χ2v) is 5.57. The predicted molar refractivity (Wildman–Crippen MR) is 74.5 cm³/mol. The van der Waals surface area contributed by atoms with Crippen LogP contribution in [-0.2, 0) is 0 Å². The zero-order valence-corrected chi connectivity index (χ0v) is 11.4. The highest BCUT2D eigenvalue weighted by Gasteiger charge is 2.31. The Labute approximate surface area is 117 Å². The molecule has 5 heteroatoms. The van der Waals surface area contributed by atoms with Crippen molar-refractivity contribution in [3.8, 4) is 0 Å². The van der Waals surface area contributed by atoms with Gasteiger partial charge in [0.1, 0.15) is 5.82 Å². The number of halogens is 1. The van der Waals surface area contributed by atoms with Gasteiger partial charge in [-0.15, -0.1) is 0 Å². The molecule has 110 valence electrons. The first-order valence-electron chi connectivity index (χ1n) is 6.94. The summed E-state index contributed by atoms with van der Waals surface area (Å²) in [6.07, 6.45) is 5.34. The van der Waals surface area contributed by atoms with E-state index in [-0.39, 0.29) is 17.6 Å². The van der Waals surface area contributed by atoms with E-state index in [0.29, 0.717) is 12.2 Å². The molecule has 0 saturated heterocycles. The van der Waals surface area contributed by atoms with E-state index in [1.165, 1.54) is 18.6 Å². The second-order valence-electron chi connectivity index (χ2n) is 5.57. The van der Waals surface area contributed by atoms with E-state index in [2.05, 4.69) is 5.32 Å². The molecule has 0 aromatic heterocycles. The standard InChI is InChI=1S/C15H20FNO3/c16-13-8-11(4-5-12(13)14(19)20)17-9-15(10-18)6-2-1-3-7-15/h4-5,8,17-18H,1-3,6-7,9-10H2,(H,19,20). The van der Waals surface area contributed by atoms with Gasteiger partial charge in [0.05, 0.1) is 12.2 Å². The fourth-order valence-electron chi connectivity index (χ4n) is 2.78. The summed E-state index contributed by atoms with van der Waals surface area (Å²) in [5.74, 6) is -2.02. The lowest BCUT2D eigenvalue weighted by molar-refractivity contribution is 0.0692. The van der Waals surface area contributed by atoms with Gasteiger partial charge in [-0.3, -0.25) is 0 Å². The van der Waals surface area contributed by atoms with Crippen LogP contribution in [0.25, 0.3) is 0 Å². The van der Waals surface area contributed by atoms with Crippen molar-refractivity contribution in [1.82, 2.24) is 0 Å². The molecule has 0 atom stereocenters. The van der Waals surface area contributed by atoms with Crippen molar-refractivity contribution >= 4 is 11.7 Å². The van der Waals surface area contributed by atoms with Gasteiger partial charge in [0.25, 0.3) is 0 Å². The Hall–Kier alpha value is -1.62. The number of aromatic carboxylic acids is 1. The van der Waals surface area contributed by atoms with E-state index in [1.807, 2.05) is 0 Å². The molecule has 1 saturated carbocycles. The smallest absolute Gasteiger partial charge is 0.338 e. The Bertz CT molecular complexity index is 484. The van der Waals surface area contributed by atoms with Gasteiger partial charge in [-0.25, -0.2) is 9.18 Å². The van der Waals surface area contributed by atoms with Gasteiger partial charge in [0, 0.05) is 17.6 Å². The lowest BCUT2D eigenvalue weighted by atomic mass is 9.74. The Balaban J connectivity index is 2.03. The van der Waals surface area contributed by atoms with Crippen molar-refractivity contribution in [3.63, 3.8) is 0 Å². The number of anilines is 1. The van der Waals surface area contributed by atoms with E-state index in [4.69, 9.17) is 5.11 Å². The van der Waals surface area contributed by atoms with Crippen LogP contribution in [0.2, 0.25) is 0 Å². The molecule has 0 bridgehead atoms. The first-order chi connectivity index (χ1) is 9.56. The van der Waals surface area contributed by atoms with Gasteiger partial charge < -0.3 is 15.5 Å². The number of rotatable bonds is 5. The molecule has 1 aliphatic rings. The van der Waals surface area contributed by atoms with Gasteiger partial charge in [0.2, 0.25) is 0 Å². The Morgan fingerprint density at radius 1 is 1.30 bits per heavy atom. The molecule has 1 aromatic carbocycles. The fraction of sp³-hybridized carbons (Fsp3) is 0.533. The van der Waals surface area contributed by atoms with Crippen LogP contribution in [0, 0.1) is 11.2 Å². The number of carboxylic acid groups (broad SMARTS) is 1. The molecule has 0 radical (unpaired) electrons. The van der Waals surface area contributed by atoms with Crippen LogP contribution < -0.4 is 5.32 Å². The monoisotopic (exact) mass is 281 g/mol. The van der Waals surface area contributed by atoms with E-state index < -0.39 is 11.8 Å². The van der Waals surface area contributed by atoms with Crippen molar-refractivity contribution in [2.75, 3.05) is 18.5 Å². The van der Waals surface area contributed by atoms with E-state index in [9.17, 15) is 14.3 Å². The maximum Gasteiger partial charge on any atom is 0.338 e. The molecule has 1 aromatic rings. The highest BCUT2D eigenvalue weighted by Crippen LogP contribution is 2.36. The minimum absolute atomic E-state index is 0.121. The molecule has 3 N–H and O–H groups in total. The van der Waals surface area contributed by atoms with Gasteiger partial charge in [-0.05, 0) is 31.0 Å². The maximum atomic E-state index is 13.6. The number of aliphatic hydroxyl groups excluding tert-OH is 1. The molecule has 0 aliphatic heterocycles. The third kappa shape index (κ3) is 3.28. The molecule has 2 rings (SSSR count). The summed E-state index contributed by atoms with van der Waals surface area (Å²) in [7, 11) is 0. The summed E-state index contributed by atoms with van der Waals surface area (Å²) < 4.78 is 13.6. The first kappa shape index (κ1) is 14.8. The maximum absolute atomic E-state index is 13.6. The third-order valence-corrected chi connectivity index (χ3v) is 4.12. The van der Waals surface area contributed by atoms with Crippen molar-refractivity contribution < 1.29 is 19.4 Å². The quantitative estimate of drug-likeness (QED) is 0.776. The number of carboxylic acids is 1. The van der Waals surface area contributed by atoms with E-state index in [0.717, 1.165) is 25.7 Å². The SMILES string of the molecule is O=C(O)c1ccc(NCC2(CO)CCCCC2)cc1F. The van der Waals surface area contributed by atoms with Crippen LogP contribution in [0.3, 0.4) is 0 Å². The molecule has 0 unspecified atom stereocenters. The summed E-state index contributed by atoms with van der Waals surface area (Å²) in [6.45, 7) is 0.699. The molecular weight excluding hydrogens is 261 g/mol. The van der Waals surface area contributed by atoms with Crippen molar-refractivity contribution in [2.45, 2.75) is 32.1 Å². The van der Waals surface area contributed by atoms with Crippen LogP contribution in [0.5, 0.6) is 0 Å². The fourth-order valence-corrected chi connectivity index (χ4v) is 2.78. The Kier molecular flexibility index (Phi) is 4.60. The lowest BCUT2D eigenvalue weighted by Crippen LogP contribution is -2.35. The van der Waals surface area contributed by atoms with E-state index in [1.54, 1.807) is 6.07 Å². The molecular formula is C15H20FNO3. The van der Waals surface area contributed by atoms with Crippen molar-refractivity contribution in [3.05, 3.63) is 29.6 Å². The lowest BCUT2D eigenvalue weighted by Gasteiger charge is -2.36. The minimum atomic E-state index is -1.27. The van der Waals surface area contributed by atoms with Gasteiger partial charge >= 0.3 is 5.97 Å².